The third kappa shape index (κ3) is 3.63. The number of piperidine rings is 1. The molecule has 3 nitrogen and oxygen atoms in total. The number of hydrogen-bond donors (Lipinski definition) is 0. The summed E-state index contributed by atoms with van der Waals surface area (Å²) in [7, 11) is 4.13. The Balaban J connectivity index is 1.69. The number of benzene rings is 1. The van der Waals surface area contributed by atoms with E-state index in [9.17, 15) is 0 Å². The van der Waals surface area contributed by atoms with Crippen molar-refractivity contribution in [3.05, 3.63) is 34.7 Å². The SMILES string of the molecule is CN(C)c1ccc(-c2csc(CN3CCCCC3)n2)cc1. The summed E-state index contributed by atoms with van der Waals surface area (Å²) in [5.74, 6) is 0. The van der Waals surface area contributed by atoms with Crippen molar-refractivity contribution in [2.75, 3.05) is 32.1 Å². The molecule has 0 atom stereocenters. The van der Waals surface area contributed by atoms with E-state index >= 15 is 0 Å². The van der Waals surface area contributed by atoms with Crippen LogP contribution in [0.25, 0.3) is 11.3 Å². The molecule has 1 aromatic carbocycles. The largest absolute Gasteiger partial charge is 0.378 e. The second-order valence-corrected chi connectivity index (χ2v) is 6.85. The van der Waals surface area contributed by atoms with Gasteiger partial charge < -0.3 is 4.90 Å². The van der Waals surface area contributed by atoms with Gasteiger partial charge in [0.25, 0.3) is 0 Å². The summed E-state index contributed by atoms with van der Waals surface area (Å²) < 4.78 is 0. The Kier molecular flexibility index (Phi) is 4.56. The molecule has 1 fully saturated rings. The van der Waals surface area contributed by atoms with E-state index in [2.05, 4.69) is 53.5 Å². The smallest absolute Gasteiger partial charge is 0.107 e. The first kappa shape index (κ1) is 14.5. The number of anilines is 1. The van der Waals surface area contributed by atoms with Gasteiger partial charge in [-0.15, -0.1) is 11.3 Å². The van der Waals surface area contributed by atoms with Gasteiger partial charge in [0.2, 0.25) is 0 Å². The van der Waals surface area contributed by atoms with Gasteiger partial charge in [-0.3, -0.25) is 4.90 Å². The predicted octanol–water partition coefficient (Wildman–Crippen LogP) is 3.86. The molecule has 0 unspecified atom stereocenters. The van der Waals surface area contributed by atoms with Crippen LogP contribution in [0.15, 0.2) is 29.6 Å². The van der Waals surface area contributed by atoms with E-state index in [1.807, 2.05) is 0 Å². The lowest BCUT2D eigenvalue weighted by molar-refractivity contribution is 0.220. The third-order valence-corrected chi connectivity index (χ3v) is 4.87. The van der Waals surface area contributed by atoms with Crippen LogP contribution in [0.5, 0.6) is 0 Å². The summed E-state index contributed by atoms with van der Waals surface area (Å²) in [5, 5.41) is 3.42. The standard InChI is InChI=1S/C17H23N3S/c1-19(2)15-8-6-14(7-9-15)16-13-21-17(18-16)12-20-10-4-3-5-11-20/h6-9,13H,3-5,10-12H2,1-2H3. The van der Waals surface area contributed by atoms with Crippen molar-refractivity contribution < 1.29 is 0 Å². The van der Waals surface area contributed by atoms with Crippen LogP contribution in [0.2, 0.25) is 0 Å². The van der Waals surface area contributed by atoms with Crippen molar-refractivity contribution in [1.29, 1.82) is 0 Å². The van der Waals surface area contributed by atoms with Crippen molar-refractivity contribution in [3.63, 3.8) is 0 Å². The molecule has 0 amide bonds. The fourth-order valence-corrected chi connectivity index (χ4v) is 3.60. The molecule has 1 aliphatic rings. The second-order valence-electron chi connectivity index (χ2n) is 5.90. The zero-order valence-corrected chi connectivity index (χ0v) is 13.7. The Morgan fingerprint density at radius 2 is 1.81 bits per heavy atom. The lowest BCUT2D eigenvalue weighted by atomic mass is 10.1. The number of rotatable bonds is 4. The molecule has 0 bridgehead atoms. The number of likely N-dealkylation sites (tertiary alicyclic amines) is 1. The maximum atomic E-state index is 4.81. The van der Waals surface area contributed by atoms with Crippen LogP contribution >= 0.6 is 11.3 Å². The number of hydrogen-bond acceptors (Lipinski definition) is 4. The molecule has 21 heavy (non-hydrogen) atoms. The van der Waals surface area contributed by atoms with E-state index in [0.29, 0.717) is 0 Å². The van der Waals surface area contributed by atoms with Crippen LogP contribution < -0.4 is 4.90 Å². The van der Waals surface area contributed by atoms with Gasteiger partial charge in [0, 0.05) is 30.7 Å². The van der Waals surface area contributed by atoms with E-state index in [0.717, 1.165) is 12.2 Å². The summed E-state index contributed by atoms with van der Waals surface area (Å²) in [6.07, 6.45) is 4.06. The van der Waals surface area contributed by atoms with Crippen LogP contribution in [0, 0.1) is 0 Å². The van der Waals surface area contributed by atoms with Crippen molar-refractivity contribution >= 4 is 17.0 Å². The Hall–Kier alpha value is -1.39. The van der Waals surface area contributed by atoms with Crippen molar-refractivity contribution in [2.45, 2.75) is 25.8 Å². The Morgan fingerprint density at radius 3 is 2.48 bits per heavy atom. The van der Waals surface area contributed by atoms with Gasteiger partial charge in [-0.05, 0) is 38.1 Å². The lowest BCUT2D eigenvalue weighted by Gasteiger charge is -2.25. The third-order valence-electron chi connectivity index (χ3n) is 4.04. The van der Waals surface area contributed by atoms with Gasteiger partial charge in [-0.25, -0.2) is 4.98 Å². The maximum Gasteiger partial charge on any atom is 0.107 e. The minimum absolute atomic E-state index is 1.01. The Bertz CT molecular complexity index is 568. The van der Waals surface area contributed by atoms with Gasteiger partial charge in [-0.1, -0.05) is 18.6 Å². The van der Waals surface area contributed by atoms with Gasteiger partial charge >= 0.3 is 0 Å². The monoisotopic (exact) mass is 301 g/mol. The zero-order chi connectivity index (χ0) is 14.7. The molecule has 2 aromatic rings. The number of aromatic nitrogens is 1. The number of thiazole rings is 1. The molecule has 1 aliphatic heterocycles. The average Bonchev–Trinajstić information content (AvgIpc) is 2.97. The molecule has 0 spiro atoms. The Labute approximate surface area is 131 Å². The molecule has 0 N–H and O–H groups in total. The molecular formula is C17H23N3S. The summed E-state index contributed by atoms with van der Waals surface area (Å²) in [4.78, 5) is 9.46. The van der Waals surface area contributed by atoms with Crippen LogP contribution in [0.1, 0.15) is 24.3 Å². The summed E-state index contributed by atoms with van der Waals surface area (Å²) in [6, 6.07) is 8.63. The summed E-state index contributed by atoms with van der Waals surface area (Å²) >= 11 is 1.79. The molecule has 0 aliphatic carbocycles. The molecule has 0 saturated carbocycles. The summed E-state index contributed by atoms with van der Waals surface area (Å²) in [5.41, 5.74) is 3.54. The molecular weight excluding hydrogens is 278 g/mol. The highest BCUT2D eigenvalue weighted by molar-refractivity contribution is 7.09. The van der Waals surface area contributed by atoms with Crippen LogP contribution in [-0.4, -0.2) is 37.1 Å². The fraction of sp³-hybridized carbons (Fsp3) is 0.471. The van der Waals surface area contributed by atoms with Gasteiger partial charge in [0.15, 0.2) is 0 Å². The van der Waals surface area contributed by atoms with Crippen LogP contribution in [0.4, 0.5) is 5.69 Å². The van der Waals surface area contributed by atoms with E-state index in [4.69, 9.17) is 4.98 Å². The fourth-order valence-electron chi connectivity index (χ4n) is 2.76. The van der Waals surface area contributed by atoms with E-state index in [1.165, 1.54) is 48.6 Å². The highest BCUT2D eigenvalue weighted by Crippen LogP contribution is 2.25. The van der Waals surface area contributed by atoms with E-state index < -0.39 is 0 Å². The zero-order valence-electron chi connectivity index (χ0n) is 12.9. The van der Waals surface area contributed by atoms with Crippen LogP contribution in [0.3, 0.4) is 0 Å². The van der Waals surface area contributed by atoms with Gasteiger partial charge in [-0.2, -0.15) is 0 Å². The molecule has 1 aromatic heterocycles. The topological polar surface area (TPSA) is 19.4 Å². The first-order valence-electron chi connectivity index (χ1n) is 7.67. The molecule has 3 rings (SSSR count). The van der Waals surface area contributed by atoms with E-state index in [1.54, 1.807) is 11.3 Å². The highest BCUT2D eigenvalue weighted by atomic mass is 32.1. The van der Waals surface area contributed by atoms with Crippen molar-refractivity contribution in [1.82, 2.24) is 9.88 Å². The quantitative estimate of drug-likeness (QED) is 0.855. The first-order valence-corrected chi connectivity index (χ1v) is 8.55. The van der Waals surface area contributed by atoms with Gasteiger partial charge in [0.05, 0.1) is 12.2 Å². The highest BCUT2D eigenvalue weighted by Gasteiger charge is 2.13. The van der Waals surface area contributed by atoms with E-state index in [-0.39, 0.29) is 0 Å². The molecule has 2 heterocycles. The maximum absolute atomic E-state index is 4.81. The summed E-state index contributed by atoms with van der Waals surface area (Å²) in [6.45, 7) is 3.47. The minimum atomic E-state index is 1.01. The Morgan fingerprint density at radius 1 is 1.10 bits per heavy atom. The molecule has 112 valence electrons. The van der Waals surface area contributed by atoms with Gasteiger partial charge in [0.1, 0.15) is 5.01 Å². The first-order chi connectivity index (χ1) is 10.2. The van der Waals surface area contributed by atoms with Crippen LogP contribution in [-0.2, 0) is 6.54 Å². The second kappa shape index (κ2) is 6.58. The van der Waals surface area contributed by atoms with Crippen molar-refractivity contribution in [2.24, 2.45) is 0 Å². The predicted molar refractivity (Wildman–Crippen MR) is 91.0 cm³/mol. The minimum Gasteiger partial charge on any atom is -0.378 e. The number of nitrogens with zero attached hydrogens (tertiary/aromatic N) is 3. The normalized spacial score (nSPS) is 16.1. The molecule has 0 radical (unpaired) electrons. The molecule has 4 heteroatoms. The molecule has 1 saturated heterocycles. The lowest BCUT2D eigenvalue weighted by Crippen LogP contribution is -2.28. The van der Waals surface area contributed by atoms with Crippen molar-refractivity contribution in [3.8, 4) is 11.3 Å². The average molecular weight is 301 g/mol.